The van der Waals surface area contributed by atoms with E-state index in [1.54, 1.807) is 18.2 Å². The number of nitrogens with one attached hydrogen (secondary N) is 2. The fourth-order valence-electron chi connectivity index (χ4n) is 2.05. The summed E-state index contributed by atoms with van der Waals surface area (Å²) in [4.78, 5) is 0.262. The zero-order valence-electron chi connectivity index (χ0n) is 12.3. The number of benzene rings is 2. The number of para-hydroxylation sites is 1. The van der Waals surface area contributed by atoms with Gasteiger partial charge in [-0.15, -0.1) is 0 Å². The maximum Gasteiger partial charge on any atom is 0.242 e. The van der Waals surface area contributed by atoms with Gasteiger partial charge in [0.25, 0.3) is 0 Å². The Morgan fingerprint density at radius 3 is 2.19 bits per heavy atom. The molecule has 4 nitrogen and oxygen atoms in total. The van der Waals surface area contributed by atoms with Crippen LogP contribution in [0.15, 0.2) is 53.4 Å². The third-order valence-electron chi connectivity index (χ3n) is 3.36. The van der Waals surface area contributed by atoms with Crippen LogP contribution < -0.4 is 10.0 Å². The monoisotopic (exact) mass is 304 g/mol. The third kappa shape index (κ3) is 3.83. The first-order valence-corrected chi connectivity index (χ1v) is 8.39. The van der Waals surface area contributed by atoms with Gasteiger partial charge in [0.2, 0.25) is 10.0 Å². The molecular weight excluding hydrogens is 284 g/mol. The van der Waals surface area contributed by atoms with E-state index in [1.807, 2.05) is 6.07 Å². The van der Waals surface area contributed by atoms with E-state index < -0.39 is 10.0 Å². The van der Waals surface area contributed by atoms with Gasteiger partial charge in [-0.25, -0.2) is 13.1 Å². The number of rotatable bonds is 6. The molecule has 2 N–H and O–H groups in total. The summed E-state index contributed by atoms with van der Waals surface area (Å²) in [7, 11) is -2.04. The Kier molecular flexibility index (Phi) is 4.98. The number of sulfonamides is 1. The summed E-state index contributed by atoms with van der Waals surface area (Å²) >= 11 is 0. The molecule has 112 valence electrons. The van der Waals surface area contributed by atoms with Crippen molar-refractivity contribution >= 4 is 15.7 Å². The van der Waals surface area contributed by atoms with Crippen LogP contribution in [0.25, 0.3) is 0 Å². The van der Waals surface area contributed by atoms with E-state index in [1.165, 1.54) is 12.6 Å². The molecule has 0 saturated carbocycles. The van der Waals surface area contributed by atoms with Crippen molar-refractivity contribution in [3.05, 3.63) is 59.7 Å². The van der Waals surface area contributed by atoms with Gasteiger partial charge in [-0.3, -0.25) is 0 Å². The minimum absolute atomic E-state index is 0.262. The SMILES string of the molecule is CCc1ccc(CNc2ccccc2S(=O)(=O)NC)cc1. The molecule has 2 aromatic rings. The Morgan fingerprint density at radius 2 is 1.57 bits per heavy atom. The average molecular weight is 304 g/mol. The molecule has 0 saturated heterocycles. The van der Waals surface area contributed by atoms with Crippen LogP contribution in [0, 0.1) is 0 Å². The Balaban J connectivity index is 2.16. The molecule has 0 aromatic heterocycles. The summed E-state index contributed by atoms with van der Waals surface area (Å²) < 4.78 is 26.3. The molecule has 0 unspecified atom stereocenters. The van der Waals surface area contributed by atoms with E-state index in [4.69, 9.17) is 0 Å². The van der Waals surface area contributed by atoms with Crippen molar-refractivity contribution in [3.63, 3.8) is 0 Å². The minimum Gasteiger partial charge on any atom is -0.380 e. The predicted molar refractivity (Wildman–Crippen MR) is 85.8 cm³/mol. The molecular formula is C16H20N2O2S. The van der Waals surface area contributed by atoms with Crippen LogP contribution >= 0.6 is 0 Å². The molecule has 2 rings (SSSR count). The predicted octanol–water partition coefficient (Wildman–Crippen LogP) is 2.77. The van der Waals surface area contributed by atoms with Crippen molar-refractivity contribution in [2.24, 2.45) is 0 Å². The Bertz CT molecular complexity index is 694. The van der Waals surface area contributed by atoms with Crippen molar-refractivity contribution in [1.29, 1.82) is 0 Å². The van der Waals surface area contributed by atoms with Gasteiger partial charge in [0.1, 0.15) is 4.90 Å². The molecule has 21 heavy (non-hydrogen) atoms. The molecule has 0 aliphatic heterocycles. The highest BCUT2D eigenvalue weighted by atomic mass is 32.2. The van der Waals surface area contributed by atoms with Gasteiger partial charge in [-0.2, -0.15) is 0 Å². The number of hydrogen-bond donors (Lipinski definition) is 2. The quantitative estimate of drug-likeness (QED) is 0.863. The average Bonchev–Trinajstić information content (AvgIpc) is 2.53. The van der Waals surface area contributed by atoms with E-state index in [9.17, 15) is 8.42 Å². The van der Waals surface area contributed by atoms with Crippen LogP contribution in [-0.2, 0) is 23.0 Å². The summed E-state index contributed by atoms with van der Waals surface area (Å²) in [5.41, 5.74) is 3.01. The van der Waals surface area contributed by atoms with Gasteiger partial charge < -0.3 is 5.32 Å². The number of anilines is 1. The van der Waals surface area contributed by atoms with E-state index in [0.29, 0.717) is 12.2 Å². The largest absolute Gasteiger partial charge is 0.380 e. The van der Waals surface area contributed by atoms with Gasteiger partial charge >= 0.3 is 0 Å². The molecule has 5 heteroatoms. The molecule has 0 radical (unpaired) electrons. The highest BCUT2D eigenvalue weighted by molar-refractivity contribution is 7.89. The first kappa shape index (κ1) is 15.5. The normalized spacial score (nSPS) is 11.3. The van der Waals surface area contributed by atoms with Crippen molar-refractivity contribution in [3.8, 4) is 0 Å². The lowest BCUT2D eigenvalue weighted by Gasteiger charge is -2.12. The molecule has 0 aliphatic rings. The summed E-state index contributed by atoms with van der Waals surface area (Å²) in [5.74, 6) is 0. The summed E-state index contributed by atoms with van der Waals surface area (Å²) in [6.07, 6.45) is 1.01. The molecule has 0 amide bonds. The minimum atomic E-state index is -3.46. The number of aryl methyl sites for hydroxylation is 1. The topological polar surface area (TPSA) is 58.2 Å². The molecule has 0 aliphatic carbocycles. The lowest BCUT2D eigenvalue weighted by Crippen LogP contribution is -2.20. The maximum atomic E-state index is 12.0. The first-order chi connectivity index (χ1) is 10.1. The lowest BCUT2D eigenvalue weighted by molar-refractivity contribution is 0.588. The van der Waals surface area contributed by atoms with E-state index in [2.05, 4.69) is 41.2 Å². The molecule has 2 aromatic carbocycles. The molecule has 0 fully saturated rings. The maximum absolute atomic E-state index is 12.0. The molecule has 0 bridgehead atoms. The van der Waals surface area contributed by atoms with Gasteiger partial charge in [-0.05, 0) is 36.7 Å². The van der Waals surface area contributed by atoms with E-state index in [-0.39, 0.29) is 4.90 Å². The second-order valence-electron chi connectivity index (χ2n) is 4.73. The fraction of sp³-hybridized carbons (Fsp3) is 0.250. The molecule has 0 spiro atoms. The smallest absolute Gasteiger partial charge is 0.242 e. The highest BCUT2D eigenvalue weighted by Crippen LogP contribution is 2.21. The summed E-state index contributed by atoms with van der Waals surface area (Å²) in [5, 5.41) is 3.19. The van der Waals surface area contributed by atoms with Gasteiger partial charge in [0.15, 0.2) is 0 Å². The zero-order chi connectivity index (χ0) is 15.3. The molecule has 0 atom stereocenters. The second-order valence-corrected chi connectivity index (χ2v) is 6.58. The second kappa shape index (κ2) is 6.74. The van der Waals surface area contributed by atoms with E-state index >= 15 is 0 Å². The lowest BCUT2D eigenvalue weighted by atomic mass is 10.1. The van der Waals surface area contributed by atoms with Gasteiger partial charge in [-0.1, -0.05) is 43.3 Å². The third-order valence-corrected chi connectivity index (χ3v) is 4.83. The standard InChI is InChI=1S/C16H20N2O2S/c1-3-13-8-10-14(11-9-13)12-18-15-6-4-5-7-16(15)21(19,20)17-2/h4-11,17-18H,3,12H2,1-2H3. The van der Waals surface area contributed by atoms with Crippen LogP contribution in [0.1, 0.15) is 18.1 Å². The first-order valence-electron chi connectivity index (χ1n) is 6.91. The Hall–Kier alpha value is -1.85. The van der Waals surface area contributed by atoms with Gasteiger partial charge in [0.05, 0.1) is 5.69 Å². The van der Waals surface area contributed by atoms with Crippen LogP contribution in [-0.4, -0.2) is 15.5 Å². The Morgan fingerprint density at radius 1 is 0.952 bits per heavy atom. The summed E-state index contributed by atoms with van der Waals surface area (Å²) in [6, 6.07) is 15.2. The highest BCUT2D eigenvalue weighted by Gasteiger charge is 2.15. The van der Waals surface area contributed by atoms with E-state index in [0.717, 1.165) is 12.0 Å². The summed E-state index contributed by atoms with van der Waals surface area (Å²) in [6.45, 7) is 2.70. The Labute approximate surface area is 126 Å². The van der Waals surface area contributed by atoms with Gasteiger partial charge in [0, 0.05) is 6.54 Å². The van der Waals surface area contributed by atoms with Crippen LogP contribution in [0.3, 0.4) is 0 Å². The van der Waals surface area contributed by atoms with Crippen LogP contribution in [0.2, 0.25) is 0 Å². The van der Waals surface area contributed by atoms with Crippen molar-refractivity contribution < 1.29 is 8.42 Å². The van der Waals surface area contributed by atoms with Crippen LogP contribution in [0.4, 0.5) is 5.69 Å². The van der Waals surface area contributed by atoms with Crippen molar-refractivity contribution in [1.82, 2.24) is 4.72 Å². The zero-order valence-corrected chi connectivity index (χ0v) is 13.1. The molecule has 0 heterocycles. The fourth-order valence-corrected chi connectivity index (χ4v) is 2.95. The number of hydrogen-bond acceptors (Lipinski definition) is 3. The van der Waals surface area contributed by atoms with Crippen molar-refractivity contribution in [2.75, 3.05) is 12.4 Å². The van der Waals surface area contributed by atoms with Crippen LogP contribution in [0.5, 0.6) is 0 Å². The van der Waals surface area contributed by atoms with Crippen molar-refractivity contribution in [2.45, 2.75) is 24.8 Å².